The van der Waals surface area contributed by atoms with Crippen molar-refractivity contribution in [3.63, 3.8) is 0 Å². The normalized spacial score (nSPS) is 13.3. The quantitative estimate of drug-likeness (QED) is 0.472. The van der Waals surface area contributed by atoms with E-state index in [0.717, 1.165) is 6.54 Å². The lowest BCUT2D eigenvalue weighted by Gasteiger charge is -2.11. The molecule has 0 aromatic heterocycles. The highest BCUT2D eigenvalue weighted by Crippen LogP contribution is 2.11. The Morgan fingerprint density at radius 2 is 1.33 bits per heavy atom. The van der Waals surface area contributed by atoms with Crippen LogP contribution in [0.1, 0.15) is 40.5 Å². The van der Waals surface area contributed by atoms with Crippen molar-refractivity contribution in [3.8, 4) is 0 Å². The van der Waals surface area contributed by atoms with Gasteiger partial charge in [-0.05, 0) is 12.3 Å². The van der Waals surface area contributed by atoms with Gasteiger partial charge in [0.25, 0.3) is 0 Å². The third-order valence-electron chi connectivity index (χ3n) is 2.85. The van der Waals surface area contributed by atoms with Crippen molar-refractivity contribution in [2.45, 2.75) is 52.8 Å². The van der Waals surface area contributed by atoms with E-state index in [2.05, 4.69) is 19.2 Å². The topological polar surface area (TPSA) is 39.7 Å². The average molecular weight is 307 g/mol. The zero-order valence-corrected chi connectivity index (χ0v) is 14.2. The van der Waals surface area contributed by atoms with E-state index in [1.165, 1.54) is 0 Å². The molecule has 0 aromatic carbocycles. The summed E-state index contributed by atoms with van der Waals surface area (Å²) in [6, 6.07) is 0.492. The summed E-state index contributed by atoms with van der Waals surface area (Å²) < 4.78 is 29.5. The third-order valence-corrected chi connectivity index (χ3v) is 2.85. The maximum Gasteiger partial charge on any atom is 0.103 e. The molecule has 0 aromatic rings. The van der Waals surface area contributed by atoms with Gasteiger partial charge in [-0.3, -0.25) is 0 Å². The van der Waals surface area contributed by atoms with Gasteiger partial charge in [-0.1, -0.05) is 27.7 Å². The number of nitrogens with one attached hydrogen (secondary N) is 1. The molecule has 0 aliphatic rings. The SMILES string of the molecule is CC(C)CC(F)CCOCCOCCOCCNC(C)C. The monoisotopic (exact) mass is 307 g/mol. The molecule has 128 valence electrons. The summed E-state index contributed by atoms with van der Waals surface area (Å²) in [5, 5.41) is 3.27. The van der Waals surface area contributed by atoms with Gasteiger partial charge in [-0.25, -0.2) is 4.39 Å². The largest absolute Gasteiger partial charge is 0.379 e. The van der Waals surface area contributed by atoms with Crippen LogP contribution < -0.4 is 5.32 Å². The molecule has 0 heterocycles. The molecule has 5 heteroatoms. The molecule has 1 atom stereocenters. The van der Waals surface area contributed by atoms with E-state index < -0.39 is 6.17 Å². The zero-order valence-electron chi connectivity index (χ0n) is 14.2. The van der Waals surface area contributed by atoms with Gasteiger partial charge in [-0.2, -0.15) is 0 Å². The summed E-state index contributed by atoms with van der Waals surface area (Å²) in [5.41, 5.74) is 0. The van der Waals surface area contributed by atoms with Gasteiger partial charge in [0, 0.05) is 25.6 Å². The number of alkyl halides is 1. The van der Waals surface area contributed by atoms with Crippen LogP contribution in [0, 0.1) is 5.92 Å². The van der Waals surface area contributed by atoms with E-state index in [9.17, 15) is 4.39 Å². The molecular weight excluding hydrogens is 273 g/mol. The fraction of sp³-hybridized carbons (Fsp3) is 1.00. The summed E-state index contributed by atoms with van der Waals surface area (Å²) in [6.07, 6.45) is 0.339. The zero-order chi connectivity index (χ0) is 15.9. The predicted octanol–water partition coefficient (Wildman–Crippen LogP) is 2.81. The minimum absolute atomic E-state index is 0.402. The first-order chi connectivity index (χ1) is 10.0. The van der Waals surface area contributed by atoms with Crippen LogP contribution >= 0.6 is 0 Å². The molecule has 0 spiro atoms. The fourth-order valence-electron chi connectivity index (χ4n) is 1.80. The van der Waals surface area contributed by atoms with E-state index in [0.29, 0.717) is 64.4 Å². The smallest absolute Gasteiger partial charge is 0.103 e. The Hall–Kier alpha value is -0.230. The molecule has 21 heavy (non-hydrogen) atoms. The summed E-state index contributed by atoms with van der Waals surface area (Å²) >= 11 is 0. The molecule has 1 N–H and O–H groups in total. The van der Waals surface area contributed by atoms with Gasteiger partial charge in [0.2, 0.25) is 0 Å². The van der Waals surface area contributed by atoms with Gasteiger partial charge in [0.15, 0.2) is 0 Å². The van der Waals surface area contributed by atoms with Crippen molar-refractivity contribution in [2.24, 2.45) is 5.92 Å². The lowest BCUT2D eigenvalue weighted by Crippen LogP contribution is -2.27. The van der Waals surface area contributed by atoms with Crippen LogP contribution in [0.2, 0.25) is 0 Å². The van der Waals surface area contributed by atoms with Crippen molar-refractivity contribution in [1.29, 1.82) is 0 Å². The first-order valence-corrected chi connectivity index (χ1v) is 8.13. The minimum atomic E-state index is -0.751. The van der Waals surface area contributed by atoms with E-state index >= 15 is 0 Å². The van der Waals surface area contributed by atoms with E-state index in [-0.39, 0.29) is 0 Å². The average Bonchev–Trinajstić information content (AvgIpc) is 2.38. The van der Waals surface area contributed by atoms with Crippen molar-refractivity contribution in [1.82, 2.24) is 5.32 Å². The maximum atomic E-state index is 13.3. The van der Waals surface area contributed by atoms with Crippen LogP contribution in [0.5, 0.6) is 0 Å². The van der Waals surface area contributed by atoms with Crippen LogP contribution in [-0.2, 0) is 14.2 Å². The molecule has 0 aliphatic heterocycles. The first-order valence-electron chi connectivity index (χ1n) is 8.13. The van der Waals surface area contributed by atoms with Crippen molar-refractivity contribution in [3.05, 3.63) is 0 Å². The Kier molecular flexibility index (Phi) is 14.5. The van der Waals surface area contributed by atoms with Crippen LogP contribution in [-0.4, -0.2) is 58.4 Å². The first kappa shape index (κ1) is 20.8. The van der Waals surface area contributed by atoms with Gasteiger partial charge >= 0.3 is 0 Å². The molecule has 4 nitrogen and oxygen atoms in total. The summed E-state index contributed by atoms with van der Waals surface area (Å²) in [7, 11) is 0. The van der Waals surface area contributed by atoms with Crippen LogP contribution in [0.3, 0.4) is 0 Å². The molecule has 0 amide bonds. The number of ether oxygens (including phenoxy) is 3. The van der Waals surface area contributed by atoms with Crippen LogP contribution in [0.15, 0.2) is 0 Å². The van der Waals surface area contributed by atoms with E-state index in [4.69, 9.17) is 14.2 Å². The molecule has 0 radical (unpaired) electrons. The van der Waals surface area contributed by atoms with Crippen molar-refractivity contribution >= 4 is 0 Å². The Bertz CT molecular complexity index is 216. The Morgan fingerprint density at radius 3 is 1.86 bits per heavy atom. The Balaban J connectivity index is 3.09. The Morgan fingerprint density at radius 1 is 0.810 bits per heavy atom. The molecule has 0 aliphatic carbocycles. The number of rotatable bonds is 15. The third kappa shape index (κ3) is 17.7. The number of halogens is 1. The van der Waals surface area contributed by atoms with Gasteiger partial charge < -0.3 is 19.5 Å². The molecule has 0 saturated carbocycles. The van der Waals surface area contributed by atoms with Gasteiger partial charge in [0.1, 0.15) is 6.17 Å². The number of hydrogen-bond donors (Lipinski definition) is 1. The van der Waals surface area contributed by atoms with Gasteiger partial charge in [-0.15, -0.1) is 0 Å². The summed E-state index contributed by atoms with van der Waals surface area (Å²) in [4.78, 5) is 0. The van der Waals surface area contributed by atoms with E-state index in [1.807, 2.05) is 13.8 Å². The highest BCUT2D eigenvalue weighted by molar-refractivity contribution is 4.58. The minimum Gasteiger partial charge on any atom is -0.379 e. The second-order valence-electron chi connectivity index (χ2n) is 5.96. The Labute approximate surface area is 129 Å². The molecular formula is C16H34FNO3. The molecule has 0 saturated heterocycles. The predicted molar refractivity (Wildman–Crippen MR) is 84.6 cm³/mol. The van der Waals surface area contributed by atoms with Crippen LogP contribution in [0.25, 0.3) is 0 Å². The molecule has 0 bridgehead atoms. The molecule has 1 unspecified atom stereocenters. The second-order valence-corrected chi connectivity index (χ2v) is 5.96. The number of hydrogen-bond acceptors (Lipinski definition) is 4. The van der Waals surface area contributed by atoms with Crippen LogP contribution in [0.4, 0.5) is 4.39 Å². The van der Waals surface area contributed by atoms with E-state index in [1.54, 1.807) is 0 Å². The summed E-state index contributed by atoms with van der Waals surface area (Å²) in [5.74, 6) is 0.402. The molecule has 0 rings (SSSR count). The standard InChI is InChI=1S/C16H34FNO3/c1-14(2)13-16(17)5-7-19-9-11-21-12-10-20-8-6-18-15(3)4/h14-16,18H,5-13H2,1-4H3. The second kappa shape index (κ2) is 14.7. The lowest BCUT2D eigenvalue weighted by atomic mass is 10.1. The fourth-order valence-corrected chi connectivity index (χ4v) is 1.80. The maximum absolute atomic E-state index is 13.3. The van der Waals surface area contributed by atoms with Crippen molar-refractivity contribution in [2.75, 3.05) is 46.2 Å². The van der Waals surface area contributed by atoms with Gasteiger partial charge in [0.05, 0.1) is 33.0 Å². The highest BCUT2D eigenvalue weighted by atomic mass is 19.1. The lowest BCUT2D eigenvalue weighted by molar-refractivity contribution is 0.0113. The highest BCUT2D eigenvalue weighted by Gasteiger charge is 2.08. The van der Waals surface area contributed by atoms with Crippen molar-refractivity contribution < 1.29 is 18.6 Å². The summed E-state index contributed by atoms with van der Waals surface area (Å²) in [6.45, 7) is 12.5. The molecule has 0 fully saturated rings.